The number of nitrogens with zero attached hydrogens (tertiary/aromatic N) is 2. The smallest absolute Gasteiger partial charge is 0.0798 e. The van der Waals surface area contributed by atoms with Crippen molar-refractivity contribution in [2.45, 2.75) is 45.7 Å². The van der Waals surface area contributed by atoms with E-state index in [-0.39, 0.29) is 5.54 Å². The minimum Gasteiger partial charge on any atom is -0.324 e. The summed E-state index contributed by atoms with van der Waals surface area (Å²) in [7, 11) is 2.12. The third-order valence-corrected chi connectivity index (χ3v) is 3.63. The van der Waals surface area contributed by atoms with Gasteiger partial charge in [0.15, 0.2) is 0 Å². The molecule has 4 heteroatoms. The van der Waals surface area contributed by atoms with Crippen molar-refractivity contribution < 1.29 is 0 Å². The molecule has 92 valence electrons. The maximum Gasteiger partial charge on any atom is 0.0798 e. The number of aromatic nitrogens is 1. The number of thiazole rings is 1. The molecule has 0 saturated carbocycles. The number of hydrogen-bond acceptors (Lipinski definition) is 4. The number of likely N-dealkylation sites (N-methyl/N-ethyl adjacent to an activating group) is 1. The Balaban J connectivity index is 2.47. The van der Waals surface area contributed by atoms with Gasteiger partial charge >= 0.3 is 0 Å². The SMILES string of the molecule is CCCC(C)(N)CN(C)Cc1scnc1C. The quantitative estimate of drug-likeness (QED) is 0.831. The van der Waals surface area contributed by atoms with E-state index in [0.717, 1.165) is 31.6 Å². The first-order valence-electron chi connectivity index (χ1n) is 5.81. The number of rotatable bonds is 6. The predicted octanol–water partition coefficient (Wildman–Crippen LogP) is 2.40. The zero-order chi connectivity index (χ0) is 12.2. The molecule has 0 aromatic carbocycles. The highest BCUT2D eigenvalue weighted by atomic mass is 32.1. The minimum atomic E-state index is -0.0813. The molecular weight excluding hydrogens is 218 g/mol. The van der Waals surface area contributed by atoms with Gasteiger partial charge in [0.25, 0.3) is 0 Å². The topological polar surface area (TPSA) is 42.1 Å². The fourth-order valence-electron chi connectivity index (χ4n) is 2.05. The van der Waals surface area contributed by atoms with Gasteiger partial charge in [0.1, 0.15) is 0 Å². The van der Waals surface area contributed by atoms with E-state index in [0.29, 0.717) is 0 Å². The van der Waals surface area contributed by atoms with Crippen LogP contribution in [0, 0.1) is 6.92 Å². The molecule has 0 radical (unpaired) electrons. The third kappa shape index (κ3) is 4.20. The molecule has 0 aliphatic carbocycles. The van der Waals surface area contributed by atoms with Crippen LogP contribution in [0.15, 0.2) is 5.51 Å². The van der Waals surface area contributed by atoms with Crippen molar-refractivity contribution in [1.29, 1.82) is 0 Å². The predicted molar refractivity (Wildman–Crippen MR) is 70.7 cm³/mol. The summed E-state index contributed by atoms with van der Waals surface area (Å²) < 4.78 is 0. The molecule has 0 saturated heterocycles. The molecular formula is C12H23N3S. The lowest BCUT2D eigenvalue weighted by molar-refractivity contribution is 0.242. The van der Waals surface area contributed by atoms with Crippen LogP contribution in [0.25, 0.3) is 0 Å². The molecule has 0 aliphatic heterocycles. The van der Waals surface area contributed by atoms with Gasteiger partial charge in [-0.15, -0.1) is 11.3 Å². The first kappa shape index (κ1) is 13.6. The Labute approximate surface area is 103 Å². The van der Waals surface area contributed by atoms with Crippen molar-refractivity contribution in [1.82, 2.24) is 9.88 Å². The standard InChI is InChI=1S/C12H23N3S/c1-5-6-12(3,13)8-15(4)7-11-10(2)14-9-16-11/h9H,5-8,13H2,1-4H3. The summed E-state index contributed by atoms with van der Waals surface area (Å²) in [5, 5.41) is 0. The van der Waals surface area contributed by atoms with Crippen LogP contribution in [0.1, 0.15) is 37.3 Å². The van der Waals surface area contributed by atoms with Crippen LogP contribution in [-0.4, -0.2) is 29.0 Å². The molecule has 0 aliphatic rings. The van der Waals surface area contributed by atoms with Gasteiger partial charge in [0, 0.05) is 23.5 Å². The van der Waals surface area contributed by atoms with Crippen LogP contribution in [-0.2, 0) is 6.54 Å². The largest absolute Gasteiger partial charge is 0.324 e. The summed E-state index contributed by atoms with van der Waals surface area (Å²) in [4.78, 5) is 7.89. The normalized spacial score (nSPS) is 15.4. The van der Waals surface area contributed by atoms with Gasteiger partial charge in [-0.1, -0.05) is 13.3 Å². The molecule has 0 spiro atoms. The molecule has 1 atom stereocenters. The van der Waals surface area contributed by atoms with Crippen molar-refractivity contribution in [3.8, 4) is 0 Å². The van der Waals surface area contributed by atoms with Crippen molar-refractivity contribution in [2.24, 2.45) is 5.73 Å². The van der Waals surface area contributed by atoms with E-state index in [4.69, 9.17) is 5.73 Å². The lowest BCUT2D eigenvalue weighted by atomic mass is 9.97. The van der Waals surface area contributed by atoms with Crippen molar-refractivity contribution >= 4 is 11.3 Å². The highest BCUT2D eigenvalue weighted by Crippen LogP contribution is 2.16. The van der Waals surface area contributed by atoms with Gasteiger partial charge in [0.2, 0.25) is 0 Å². The second-order valence-corrected chi connectivity index (χ2v) is 5.88. The Kier molecular flexibility index (Phi) is 4.89. The van der Waals surface area contributed by atoms with Crippen LogP contribution >= 0.6 is 11.3 Å². The van der Waals surface area contributed by atoms with E-state index in [1.54, 1.807) is 11.3 Å². The molecule has 3 nitrogen and oxygen atoms in total. The number of hydrogen-bond donors (Lipinski definition) is 1. The van der Waals surface area contributed by atoms with Crippen LogP contribution < -0.4 is 5.73 Å². The third-order valence-electron chi connectivity index (χ3n) is 2.71. The maximum absolute atomic E-state index is 6.24. The highest BCUT2D eigenvalue weighted by molar-refractivity contribution is 7.09. The molecule has 0 bridgehead atoms. The van der Waals surface area contributed by atoms with Crippen molar-refractivity contribution in [3.05, 3.63) is 16.1 Å². The lowest BCUT2D eigenvalue weighted by Gasteiger charge is -2.29. The second kappa shape index (κ2) is 5.75. The van der Waals surface area contributed by atoms with Crippen LogP contribution in [0.3, 0.4) is 0 Å². The van der Waals surface area contributed by atoms with Gasteiger partial charge in [-0.2, -0.15) is 0 Å². The molecule has 1 unspecified atom stereocenters. The van der Waals surface area contributed by atoms with Crippen LogP contribution in [0.2, 0.25) is 0 Å². The van der Waals surface area contributed by atoms with E-state index in [1.165, 1.54) is 4.88 Å². The molecule has 1 heterocycles. The average molecular weight is 241 g/mol. The Morgan fingerprint density at radius 3 is 2.75 bits per heavy atom. The Morgan fingerprint density at radius 1 is 1.56 bits per heavy atom. The molecule has 0 fully saturated rings. The number of aryl methyl sites for hydroxylation is 1. The first-order chi connectivity index (χ1) is 7.44. The van der Waals surface area contributed by atoms with Gasteiger partial charge in [-0.05, 0) is 27.3 Å². The summed E-state index contributed by atoms with van der Waals surface area (Å²) in [6.07, 6.45) is 2.21. The molecule has 0 amide bonds. The summed E-state index contributed by atoms with van der Waals surface area (Å²) in [5.41, 5.74) is 9.21. The number of nitrogens with two attached hydrogens (primary N) is 1. The minimum absolute atomic E-state index is 0.0813. The Hall–Kier alpha value is -0.450. The van der Waals surface area contributed by atoms with Crippen molar-refractivity contribution in [3.63, 3.8) is 0 Å². The fraction of sp³-hybridized carbons (Fsp3) is 0.750. The molecule has 1 aromatic heterocycles. The first-order valence-corrected chi connectivity index (χ1v) is 6.69. The molecule has 1 rings (SSSR count). The van der Waals surface area contributed by atoms with E-state index in [9.17, 15) is 0 Å². The summed E-state index contributed by atoms with van der Waals surface area (Å²) >= 11 is 1.72. The zero-order valence-electron chi connectivity index (χ0n) is 10.8. The summed E-state index contributed by atoms with van der Waals surface area (Å²) in [6, 6.07) is 0. The van der Waals surface area contributed by atoms with Crippen LogP contribution in [0.5, 0.6) is 0 Å². The molecule has 1 aromatic rings. The van der Waals surface area contributed by atoms with Gasteiger partial charge in [-0.3, -0.25) is 4.90 Å². The average Bonchev–Trinajstić information content (AvgIpc) is 2.50. The summed E-state index contributed by atoms with van der Waals surface area (Å²) in [6.45, 7) is 8.25. The zero-order valence-corrected chi connectivity index (χ0v) is 11.6. The fourth-order valence-corrected chi connectivity index (χ4v) is 2.90. The molecule has 16 heavy (non-hydrogen) atoms. The van der Waals surface area contributed by atoms with Gasteiger partial charge in [0.05, 0.1) is 11.2 Å². The maximum atomic E-state index is 6.24. The van der Waals surface area contributed by atoms with Gasteiger partial charge < -0.3 is 5.73 Å². The Morgan fingerprint density at radius 2 is 2.25 bits per heavy atom. The van der Waals surface area contributed by atoms with Crippen LogP contribution in [0.4, 0.5) is 0 Å². The van der Waals surface area contributed by atoms with E-state index >= 15 is 0 Å². The van der Waals surface area contributed by atoms with E-state index < -0.39 is 0 Å². The lowest BCUT2D eigenvalue weighted by Crippen LogP contribution is -2.46. The Bertz CT molecular complexity index is 320. The summed E-state index contributed by atoms with van der Waals surface area (Å²) in [5.74, 6) is 0. The van der Waals surface area contributed by atoms with E-state index in [1.807, 2.05) is 5.51 Å². The monoisotopic (exact) mass is 241 g/mol. The van der Waals surface area contributed by atoms with Gasteiger partial charge in [-0.25, -0.2) is 4.98 Å². The highest BCUT2D eigenvalue weighted by Gasteiger charge is 2.20. The second-order valence-electron chi connectivity index (χ2n) is 4.94. The van der Waals surface area contributed by atoms with Crippen molar-refractivity contribution in [2.75, 3.05) is 13.6 Å². The molecule has 2 N–H and O–H groups in total. The van der Waals surface area contributed by atoms with E-state index in [2.05, 4.69) is 37.7 Å².